The molecule has 0 fully saturated rings. The Bertz CT molecular complexity index is 826. The first-order valence-electron chi connectivity index (χ1n) is 7.32. The molecule has 1 aliphatic rings. The Morgan fingerprint density at radius 3 is 2.62 bits per heavy atom. The molecule has 0 bridgehead atoms. The molecule has 2 aromatic rings. The third-order valence-corrected chi connectivity index (χ3v) is 5.12. The van der Waals surface area contributed by atoms with E-state index in [-0.39, 0.29) is 22.7 Å². The molecule has 7 nitrogen and oxygen atoms in total. The molecule has 2 N–H and O–H groups in total. The Morgan fingerprint density at radius 2 is 2.00 bits per heavy atom. The van der Waals surface area contributed by atoms with Crippen LogP contribution in [0, 0.1) is 15.5 Å². The fourth-order valence-corrected chi connectivity index (χ4v) is 3.92. The number of fused-ring (bicyclic) bond motifs is 1. The third kappa shape index (κ3) is 3.57. The van der Waals surface area contributed by atoms with Crippen LogP contribution < -0.4 is 4.80 Å². The van der Waals surface area contributed by atoms with Crippen molar-refractivity contribution < 1.29 is 10.1 Å². The van der Waals surface area contributed by atoms with Crippen LogP contribution in [0.5, 0.6) is 0 Å². The number of benzene rings is 1. The molecule has 128 valence electrons. The number of hydrogen-bond donors (Lipinski definition) is 2. The van der Waals surface area contributed by atoms with E-state index in [0.29, 0.717) is 22.6 Å². The molecule has 0 spiro atoms. The lowest BCUT2D eigenvalue weighted by atomic mass is 10.0. The number of rotatable bonds is 4. The largest absolute Gasteiger partial charge is 0.411 e. The summed E-state index contributed by atoms with van der Waals surface area (Å²) in [4.78, 5) is 11.9. The predicted octanol–water partition coefficient (Wildman–Crippen LogP) is 3.27. The van der Waals surface area contributed by atoms with Crippen LogP contribution in [0.3, 0.4) is 0 Å². The average molecular weight is 413 g/mol. The molecule has 0 unspecified atom stereocenters. The van der Waals surface area contributed by atoms with Crippen molar-refractivity contribution in [2.75, 3.05) is 0 Å². The summed E-state index contributed by atoms with van der Waals surface area (Å²) in [5.74, 6) is 0. The summed E-state index contributed by atoms with van der Waals surface area (Å²) in [6.45, 7) is 0.291. The van der Waals surface area contributed by atoms with Gasteiger partial charge in [0.15, 0.2) is 4.80 Å². The van der Waals surface area contributed by atoms with E-state index in [9.17, 15) is 15.3 Å². The van der Waals surface area contributed by atoms with E-state index in [4.69, 9.17) is 5.41 Å². The number of non-ortho nitro benzene ring substituents is 1. The van der Waals surface area contributed by atoms with Gasteiger partial charge in [0.25, 0.3) is 5.69 Å². The van der Waals surface area contributed by atoms with Gasteiger partial charge in [0.05, 0.1) is 11.5 Å². The van der Waals surface area contributed by atoms with Gasteiger partial charge >= 0.3 is 0 Å². The molecule has 1 aromatic carbocycles. The van der Waals surface area contributed by atoms with Crippen molar-refractivity contribution in [3.8, 4) is 0 Å². The minimum Gasteiger partial charge on any atom is -0.411 e. The second kappa shape index (κ2) is 7.71. The maximum Gasteiger partial charge on any atom is 0.269 e. The minimum atomic E-state index is -0.467. The molecule has 0 amide bonds. The Morgan fingerprint density at radius 1 is 1.33 bits per heavy atom. The highest BCUT2D eigenvalue weighted by atomic mass is 79.9. The lowest BCUT2D eigenvalue weighted by molar-refractivity contribution is -0.384. The van der Waals surface area contributed by atoms with Gasteiger partial charge in [-0.15, -0.1) is 28.3 Å². The monoisotopic (exact) mass is 412 g/mol. The van der Waals surface area contributed by atoms with Gasteiger partial charge in [-0.1, -0.05) is 5.16 Å². The van der Waals surface area contributed by atoms with E-state index in [2.05, 4.69) is 5.16 Å². The van der Waals surface area contributed by atoms with Gasteiger partial charge in [-0.3, -0.25) is 15.5 Å². The van der Waals surface area contributed by atoms with Crippen molar-refractivity contribution in [2.24, 2.45) is 5.16 Å². The fourth-order valence-electron chi connectivity index (χ4n) is 2.82. The van der Waals surface area contributed by atoms with Crippen molar-refractivity contribution in [3.63, 3.8) is 0 Å². The number of hydrogen-bond acceptors (Lipinski definition) is 6. The average Bonchev–Trinajstić information content (AvgIpc) is 2.88. The number of oxime groups is 1. The quantitative estimate of drug-likeness (QED) is 0.348. The SMILES string of the molecule is Br.N=c1sc2c(n1C/C(=N\O)c1ccc([N+](=O)[O-])cc1)CCCC2. The number of aryl methyl sites for hydroxylation is 1. The van der Waals surface area contributed by atoms with E-state index in [1.807, 2.05) is 4.57 Å². The second-order valence-corrected chi connectivity index (χ2v) is 6.50. The fraction of sp³-hybridized carbons (Fsp3) is 0.333. The zero-order valence-electron chi connectivity index (χ0n) is 12.8. The molecule has 24 heavy (non-hydrogen) atoms. The summed E-state index contributed by atoms with van der Waals surface area (Å²) < 4.78 is 1.87. The second-order valence-electron chi connectivity index (χ2n) is 5.42. The molecule has 1 aromatic heterocycles. The van der Waals surface area contributed by atoms with Crippen molar-refractivity contribution in [2.45, 2.75) is 32.2 Å². The highest BCUT2D eigenvalue weighted by Crippen LogP contribution is 2.24. The molecule has 1 heterocycles. The summed E-state index contributed by atoms with van der Waals surface area (Å²) >= 11 is 1.47. The van der Waals surface area contributed by atoms with Crippen LogP contribution >= 0.6 is 28.3 Å². The molecule has 9 heteroatoms. The molecule has 0 saturated heterocycles. The van der Waals surface area contributed by atoms with Crippen LogP contribution in [0.4, 0.5) is 5.69 Å². The van der Waals surface area contributed by atoms with E-state index >= 15 is 0 Å². The van der Waals surface area contributed by atoms with Crippen LogP contribution in [0.15, 0.2) is 29.4 Å². The van der Waals surface area contributed by atoms with Crippen LogP contribution in [-0.2, 0) is 19.4 Å². The van der Waals surface area contributed by atoms with Gasteiger partial charge < -0.3 is 9.77 Å². The van der Waals surface area contributed by atoms with Gasteiger partial charge in [0.1, 0.15) is 5.71 Å². The summed E-state index contributed by atoms with van der Waals surface area (Å²) in [6, 6.07) is 5.90. The molecule has 3 rings (SSSR count). The Labute approximate surface area is 152 Å². The zero-order chi connectivity index (χ0) is 16.4. The number of thiazole rings is 1. The highest BCUT2D eigenvalue weighted by molar-refractivity contribution is 8.93. The van der Waals surface area contributed by atoms with Gasteiger partial charge in [-0.05, 0) is 37.8 Å². The third-order valence-electron chi connectivity index (χ3n) is 4.02. The Hall–Kier alpha value is -2.00. The molecule has 0 aliphatic heterocycles. The Balaban J connectivity index is 0.00000208. The number of nitro benzene ring substituents is 1. The first kappa shape index (κ1) is 18.3. The standard InChI is InChI=1S/C15H16N4O3S.BrH/c16-15-18(13-3-1-2-4-14(13)23-15)9-12(17-20)10-5-7-11(8-6-10)19(21)22;/h5-8,16,20H,1-4,9H2;1H/b16-15?,17-12+;. The first-order valence-corrected chi connectivity index (χ1v) is 8.13. The molecule has 0 radical (unpaired) electrons. The van der Waals surface area contributed by atoms with Gasteiger partial charge in [-0.25, -0.2) is 0 Å². The molecule has 0 saturated carbocycles. The lowest BCUT2D eigenvalue weighted by Gasteiger charge is -2.15. The first-order chi connectivity index (χ1) is 11.1. The van der Waals surface area contributed by atoms with E-state index < -0.39 is 4.92 Å². The number of nitrogens with zero attached hydrogens (tertiary/aromatic N) is 3. The highest BCUT2D eigenvalue weighted by Gasteiger charge is 2.18. The number of nitrogens with one attached hydrogen (secondary N) is 1. The van der Waals surface area contributed by atoms with Crippen molar-refractivity contribution in [1.82, 2.24) is 4.57 Å². The zero-order valence-corrected chi connectivity index (χ0v) is 15.3. The number of halogens is 1. The predicted molar refractivity (Wildman–Crippen MR) is 96.5 cm³/mol. The van der Waals surface area contributed by atoms with E-state index in [1.54, 1.807) is 12.1 Å². The van der Waals surface area contributed by atoms with Gasteiger partial charge in [0, 0.05) is 28.3 Å². The normalized spacial score (nSPS) is 13.9. The molecular formula is C15H17BrN4O3S. The number of nitro groups is 1. The lowest BCUT2D eigenvalue weighted by Crippen LogP contribution is -2.23. The van der Waals surface area contributed by atoms with Crippen LogP contribution in [0.2, 0.25) is 0 Å². The maximum absolute atomic E-state index is 10.7. The van der Waals surface area contributed by atoms with Crippen LogP contribution in [0.25, 0.3) is 0 Å². The molecular weight excluding hydrogens is 396 g/mol. The van der Waals surface area contributed by atoms with Crippen molar-refractivity contribution >= 4 is 39.7 Å². The molecule has 1 aliphatic carbocycles. The topological polar surface area (TPSA) is 105 Å². The van der Waals surface area contributed by atoms with E-state index in [0.717, 1.165) is 31.4 Å². The van der Waals surface area contributed by atoms with Crippen molar-refractivity contribution in [3.05, 3.63) is 55.3 Å². The smallest absolute Gasteiger partial charge is 0.269 e. The van der Waals surface area contributed by atoms with Gasteiger partial charge in [-0.2, -0.15) is 0 Å². The Kier molecular flexibility index (Phi) is 5.89. The minimum absolute atomic E-state index is 0. The molecule has 0 atom stereocenters. The summed E-state index contributed by atoms with van der Waals surface area (Å²) in [6.07, 6.45) is 4.19. The maximum atomic E-state index is 10.7. The summed E-state index contributed by atoms with van der Waals surface area (Å²) in [5, 5.41) is 31.5. The van der Waals surface area contributed by atoms with Crippen LogP contribution in [-0.4, -0.2) is 20.4 Å². The number of aromatic nitrogens is 1. The summed E-state index contributed by atoms with van der Waals surface area (Å²) in [7, 11) is 0. The van der Waals surface area contributed by atoms with Gasteiger partial charge in [0.2, 0.25) is 0 Å². The van der Waals surface area contributed by atoms with Crippen LogP contribution in [0.1, 0.15) is 29.0 Å². The van der Waals surface area contributed by atoms with Crippen molar-refractivity contribution in [1.29, 1.82) is 5.41 Å². The summed E-state index contributed by atoms with van der Waals surface area (Å²) in [5.41, 5.74) is 2.15. The van der Waals surface area contributed by atoms with E-state index in [1.165, 1.54) is 28.3 Å².